The molecule has 0 radical (unpaired) electrons. The lowest BCUT2D eigenvalue weighted by molar-refractivity contribution is 0.733. The predicted octanol–water partition coefficient (Wildman–Crippen LogP) is 20.8. The SMILES string of the molecule is Cc1cccc(C)c1-c1cc(C)c(N2c3ccccc3N(c3c(-c4ccccc4)cccc3-c3ccccc3)[C@H]2C)c(C)n1.Cc1cccc(C)c1-c1cc(C)c(N2c3ccccc3N(c3c(C(C)C)cccc3C(C)C)[C@H]2C)c(C)n1. The van der Waals surface area contributed by atoms with Gasteiger partial charge in [-0.2, -0.15) is 0 Å². The van der Waals surface area contributed by atoms with Gasteiger partial charge < -0.3 is 19.6 Å². The summed E-state index contributed by atoms with van der Waals surface area (Å²) in [7, 11) is 0. The molecule has 6 nitrogen and oxygen atoms in total. The van der Waals surface area contributed by atoms with E-state index in [0.717, 1.165) is 22.8 Å². The van der Waals surface area contributed by atoms with Crippen molar-refractivity contribution in [2.75, 3.05) is 19.6 Å². The maximum atomic E-state index is 5.25. The highest BCUT2D eigenvalue weighted by Gasteiger charge is 2.40. The van der Waals surface area contributed by atoms with Crippen LogP contribution in [-0.2, 0) is 0 Å². The van der Waals surface area contributed by atoms with Crippen molar-refractivity contribution in [1.82, 2.24) is 9.97 Å². The van der Waals surface area contributed by atoms with Crippen molar-refractivity contribution in [3.05, 3.63) is 250 Å². The quantitative estimate of drug-likeness (QED) is 0.136. The minimum absolute atomic E-state index is 0.00460. The smallest absolute Gasteiger partial charge is 0.108 e. The largest absolute Gasteiger partial charge is 0.318 e. The van der Waals surface area contributed by atoms with E-state index in [-0.39, 0.29) is 12.3 Å². The van der Waals surface area contributed by atoms with Crippen molar-refractivity contribution < 1.29 is 0 Å². The van der Waals surface area contributed by atoms with Crippen molar-refractivity contribution in [2.45, 2.75) is 121 Å². The zero-order valence-corrected chi connectivity index (χ0v) is 50.5. The van der Waals surface area contributed by atoms with Crippen LogP contribution in [0.25, 0.3) is 44.8 Å². The van der Waals surface area contributed by atoms with Crippen LogP contribution >= 0.6 is 0 Å². The van der Waals surface area contributed by atoms with Gasteiger partial charge in [0.2, 0.25) is 0 Å². The van der Waals surface area contributed by atoms with Crippen LogP contribution in [0.2, 0.25) is 0 Å². The van der Waals surface area contributed by atoms with Crippen molar-refractivity contribution in [2.24, 2.45) is 0 Å². The minimum Gasteiger partial charge on any atom is -0.318 e. The number of pyridine rings is 2. The number of fused-ring (bicyclic) bond motifs is 2. The van der Waals surface area contributed by atoms with Gasteiger partial charge in [0.15, 0.2) is 0 Å². The van der Waals surface area contributed by atoms with Gasteiger partial charge in [0.25, 0.3) is 0 Å². The van der Waals surface area contributed by atoms with E-state index in [0.29, 0.717) is 11.8 Å². The highest BCUT2D eigenvalue weighted by molar-refractivity contribution is 6.00. The summed E-state index contributed by atoms with van der Waals surface area (Å²) in [5.74, 6) is 0.859. The van der Waals surface area contributed by atoms with Crippen molar-refractivity contribution in [3.8, 4) is 44.8 Å². The molecule has 0 amide bonds. The molecule has 0 unspecified atom stereocenters. The third kappa shape index (κ3) is 9.82. The average molecular weight is 1080 g/mol. The minimum atomic E-state index is 0.00460. The molecular weight excluding hydrogens is 997 g/mol. The van der Waals surface area contributed by atoms with Crippen LogP contribution in [0, 0.1) is 55.4 Å². The van der Waals surface area contributed by atoms with E-state index in [9.17, 15) is 0 Å². The number of anilines is 8. The lowest BCUT2D eigenvalue weighted by Crippen LogP contribution is -2.37. The average Bonchev–Trinajstić information content (AvgIpc) is 3.99. The van der Waals surface area contributed by atoms with Crippen LogP contribution in [0.15, 0.2) is 194 Å². The van der Waals surface area contributed by atoms with E-state index >= 15 is 0 Å². The van der Waals surface area contributed by atoms with Crippen LogP contribution in [0.3, 0.4) is 0 Å². The van der Waals surface area contributed by atoms with E-state index in [4.69, 9.17) is 9.97 Å². The number of aryl methyl sites for hydroxylation is 8. The van der Waals surface area contributed by atoms with Gasteiger partial charge in [-0.05, 0) is 173 Å². The Balaban J connectivity index is 0.000000174. The van der Waals surface area contributed by atoms with Crippen molar-refractivity contribution >= 4 is 45.5 Å². The van der Waals surface area contributed by atoms with E-state index in [1.807, 2.05) is 0 Å². The number of para-hydroxylation sites is 6. The molecule has 2 atom stereocenters. The Bertz CT molecular complexity index is 3820. The van der Waals surface area contributed by atoms with Gasteiger partial charge in [0, 0.05) is 22.3 Å². The Hall–Kier alpha value is -8.74. The van der Waals surface area contributed by atoms with Gasteiger partial charge >= 0.3 is 0 Å². The highest BCUT2D eigenvalue weighted by Crippen LogP contribution is 2.55. The van der Waals surface area contributed by atoms with Crippen molar-refractivity contribution in [1.29, 1.82) is 0 Å². The summed E-state index contributed by atoms with van der Waals surface area (Å²) in [4.78, 5) is 20.5. The van der Waals surface area contributed by atoms with Crippen LogP contribution in [0.4, 0.5) is 45.5 Å². The predicted molar refractivity (Wildman–Crippen MR) is 350 cm³/mol. The summed E-state index contributed by atoms with van der Waals surface area (Å²) in [6.45, 7) is 31.4. The third-order valence-corrected chi connectivity index (χ3v) is 17.0. The topological polar surface area (TPSA) is 38.7 Å². The molecule has 412 valence electrons. The summed E-state index contributed by atoms with van der Waals surface area (Å²) < 4.78 is 0. The second kappa shape index (κ2) is 22.7. The Morgan fingerprint density at radius 1 is 0.317 bits per heavy atom. The zero-order chi connectivity index (χ0) is 57.7. The molecule has 2 aliphatic rings. The standard InChI is InChI=1S/C41H37N3.C35H41N3/c1-27-16-14-17-28(2)39(27)36-26-29(3)40(30(4)42-36)43-31(5)44(38-25-13-12-24-37(38)43)41-34(32-18-8-6-9-19-32)22-15-23-35(41)33-20-10-7-11-21-33;1-21(2)28-16-13-17-29(22(3)4)35(28)38-27(9)37(31-18-10-11-19-32(31)38)34-25(7)20-30(36-26(34)8)33-23(5)14-12-15-24(33)6/h6-26,31H,1-5H3;10-22,27H,1-9H3/t31-;27-/m00/s1. The number of aromatic nitrogens is 2. The molecule has 2 aromatic heterocycles. The molecule has 0 saturated carbocycles. The summed E-state index contributed by atoms with van der Waals surface area (Å²) in [6, 6.07) is 70.2. The Labute approximate surface area is 488 Å². The second-order valence-electron chi connectivity index (χ2n) is 23.3. The van der Waals surface area contributed by atoms with Crippen molar-refractivity contribution in [3.63, 3.8) is 0 Å². The number of benzene rings is 8. The summed E-state index contributed by atoms with van der Waals surface area (Å²) >= 11 is 0. The summed E-state index contributed by atoms with van der Waals surface area (Å²) in [5.41, 5.74) is 31.6. The summed E-state index contributed by atoms with van der Waals surface area (Å²) in [6.07, 6.45) is 0.111. The van der Waals surface area contributed by atoms with Crippen LogP contribution in [-0.4, -0.2) is 22.3 Å². The van der Waals surface area contributed by atoms with E-state index in [2.05, 4.69) is 311 Å². The van der Waals surface area contributed by atoms with E-state index in [1.54, 1.807) is 0 Å². The van der Waals surface area contributed by atoms with E-state index < -0.39 is 0 Å². The fourth-order valence-corrected chi connectivity index (χ4v) is 13.4. The van der Waals surface area contributed by atoms with E-state index in [1.165, 1.54) is 123 Å². The molecule has 12 rings (SSSR count). The Morgan fingerprint density at radius 3 is 0.963 bits per heavy atom. The second-order valence-corrected chi connectivity index (χ2v) is 23.3. The number of nitrogens with zero attached hydrogens (tertiary/aromatic N) is 6. The normalized spacial score (nSPS) is 14.6. The molecule has 2 aliphatic heterocycles. The first-order valence-electron chi connectivity index (χ1n) is 29.4. The molecular formula is C76H78N6. The van der Waals surface area contributed by atoms with Gasteiger partial charge in [0.05, 0.1) is 68.3 Å². The van der Waals surface area contributed by atoms with Gasteiger partial charge in [0.1, 0.15) is 12.3 Å². The van der Waals surface area contributed by atoms with Gasteiger partial charge in [-0.3, -0.25) is 9.97 Å². The first kappa shape index (κ1) is 55.2. The molecule has 10 aromatic rings. The molecule has 0 saturated heterocycles. The fraction of sp³-hybridized carbons (Fsp3) is 0.237. The zero-order valence-electron chi connectivity index (χ0n) is 50.5. The molecule has 0 bridgehead atoms. The summed E-state index contributed by atoms with van der Waals surface area (Å²) in [5, 5.41) is 0. The first-order valence-corrected chi connectivity index (χ1v) is 29.4. The molecule has 0 fully saturated rings. The monoisotopic (exact) mass is 1070 g/mol. The third-order valence-electron chi connectivity index (χ3n) is 17.0. The molecule has 0 N–H and O–H groups in total. The first-order chi connectivity index (χ1) is 39.5. The lowest BCUT2D eigenvalue weighted by atomic mass is 9.91. The van der Waals surface area contributed by atoms with Crippen LogP contribution in [0.5, 0.6) is 0 Å². The molecule has 82 heavy (non-hydrogen) atoms. The van der Waals surface area contributed by atoms with Gasteiger partial charge in [-0.25, -0.2) is 0 Å². The Morgan fingerprint density at radius 2 is 0.622 bits per heavy atom. The molecule has 4 heterocycles. The highest BCUT2D eigenvalue weighted by atomic mass is 15.4. The molecule has 0 aliphatic carbocycles. The van der Waals surface area contributed by atoms with Crippen LogP contribution in [0.1, 0.15) is 109 Å². The molecule has 6 heteroatoms. The number of rotatable bonds is 10. The lowest BCUT2D eigenvalue weighted by Gasteiger charge is -2.35. The van der Waals surface area contributed by atoms with Crippen LogP contribution < -0.4 is 19.6 Å². The maximum absolute atomic E-state index is 5.25. The van der Waals surface area contributed by atoms with Gasteiger partial charge in [-0.15, -0.1) is 0 Å². The maximum Gasteiger partial charge on any atom is 0.108 e. The number of hydrogen-bond donors (Lipinski definition) is 0. The van der Waals surface area contributed by atoms with Gasteiger partial charge in [-0.1, -0.05) is 185 Å². The molecule has 0 spiro atoms. The fourth-order valence-electron chi connectivity index (χ4n) is 13.4. The Kier molecular flexibility index (Phi) is 15.2. The number of hydrogen-bond acceptors (Lipinski definition) is 6. The molecule has 8 aromatic carbocycles.